The molecule has 190 valence electrons. The average Bonchev–Trinajstić information content (AvgIpc) is 3.36. The lowest BCUT2D eigenvalue weighted by Gasteiger charge is -2.37. The minimum absolute atomic E-state index is 0.755. The van der Waals surface area contributed by atoms with Gasteiger partial charge in [-0.1, -0.05) is 133 Å². The summed E-state index contributed by atoms with van der Waals surface area (Å²) in [6.07, 6.45) is 0. The first-order valence-electron chi connectivity index (χ1n) is 12.9. The van der Waals surface area contributed by atoms with E-state index in [4.69, 9.17) is 9.84 Å². The predicted molar refractivity (Wildman–Crippen MR) is 162 cm³/mol. The molecule has 1 aromatic heterocycles. The summed E-state index contributed by atoms with van der Waals surface area (Å²) in [5, 5.41) is 5.45. The van der Waals surface area contributed by atoms with E-state index in [9.17, 15) is 0 Å². The zero-order chi connectivity index (χ0) is 26.7. The SMILES string of the molecule is COc1cccc(-c2nn(C(c3ccccc3)(c3ccccc3)c3ccccc3)c(-c3ccccc3)c2Br)c1. The maximum atomic E-state index is 5.56. The van der Waals surface area contributed by atoms with Gasteiger partial charge in [0.1, 0.15) is 17.0 Å². The predicted octanol–water partition coefficient (Wildman–Crippen LogP) is 8.83. The van der Waals surface area contributed by atoms with Crippen LogP contribution >= 0.6 is 15.9 Å². The maximum Gasteiger partial charge on any atom is 0.138 e. The van der Waals surface area contributed by atoms with Crippen molar-refractivity contribution < 1.29 is 4.74 Å². The van der Waals surface area contributed by atoms with Gasteiger partial charge in [0, 0.05) is 11.1 Å². The molecule has 0 aliphatic carbocycles. The monoisotopic (exact) mass is 570 g/mol. The number of benzene rings is 5. The molecule has 3 nitrogen and oxygen atoms in total. The minimum Gasteiger partial charge on any atom is -0.497 e. The first-order chi connectivity index (χ1) is 19.2. The highest BCUT2D eigenvalue weighted by Crippen LogP contribution is 2.47. The van der Waals surface area contributed by atoms with Crippen LogP contribution in [0.5, 0.6) is 5.75 Å². The minimum atomic E-state index is -0.755. The van der Waals surface area contributed by atoms with Crippen molar-refractivity contribution in [1.82, 2.24) is 9.78 Å². The van der Waals surface area contributed by atoms with Crippen LogP contribution in [0.4, 0.5) is 0 Å². The van der Waals surface area contributed by atoms with Gasteiger partial charge in [0.2, 0.25) is 0 Å². The van der Waals surface area contributed by atoms with Gasteiger partial charge in [-0.2, -0.15) is 5.10 Å². The van der Waals surface area contributed by atoms with E-state index in [2.05, 4.69) is 142 Å². The Balaban J connectivity index is 1.78. The second-order valence-corrected chi connectivity index (χ2v) is 10.1. The molecule has 0 amide bonds. The fraction of sp³-hybridized carbons (Fsp3) is 0.0571. The van der Waals surface area contributed by atoms with Crippen LogP contribution in [0.1, 0.15) is 16.7 Å². The molecule has 6 aromatic rings. The molecule has 0 radical (unpaired) electrons. The normalized spacial score (nSPS) is 11.3. The molecule has 0 saturated carbocycles. The van der Waals surface area contributed by atoms with Crippen LogP contribution < -0.4 is 4.74 Å². The van der Waals surface area contributed by atoms with E-state index in [1.165, 1.54) is 0 Å². The van der Waals surface area contributed by atoms with Crippen LogP contribution in [0, 0.1) is 0 Å². The second-order valence-electron chi connectivity index (χ2n) is 9.33. The molecule has 0 fully saturated rings. The average molecular weight is 572 g/mol. The fourth-order valence-electron chi connectivity index (χ4n) is 5.35. The Hall–Kier alpha value is -4.41. The number of hydrogen-bond acceptors (Lipinski definition) is 2. The van der Waals surface area contributed by atoms with E-state index in [-0.39, 0.29) is 0 Å². The van der Waals surface area contributed by atoms with Gasteiger partial charge in [-0.05, 0) is 44.8 Å². The van der Waals surface area contributed by atoms with Gasteiger partial charge in [0.15, 0.2) is 0 Å². The molecule has 1 heterocycles. The van der Waals surface area contributed by atoms with E-state index >= 15 is 0 Å². The summed E-state index contributed by atoms with van der Waals surface area (Å²) in [5.74, 6) is 0.788. The molecule has 0 spiro atoms. The van der Waals surface area contributed by atoms with Gasteiger partial charge in [-0.3, -0.25) is 0 Å². The van der Waals surface area contributed by atoms with E-state index in [1.54, 1.807) is 7.11 Å². The second kappa shape index (κ2) is 10.8. The summed E-state index contributed by atoms with van der Waals surface area (Å²) in [6, 6.07) is 50.4. The fourth-order valence-corrected chi connectivity index (χ4v) is 6.05. The summed E-state index contributed by atoms with van der Waals surface area (Å²) < 4.78 is 8.68. The van der Waals surface area contributed by atoms with Gasteiger partial charge in [0.05, 0.1) is 17.3 Å². The third kappa shape index (κ3) is 4.37. The quantitative estimate of drug-likeness (QED) is 0.179. The lowest BCUT2D eigenvalue weighted by Crippen LogP contribution is -2.39. The van der Waals surface area contributed by atoms with Crippen molar-refractivity contribution in [2.45, 2.75) is 5.54 Å². The van der Waals surface area contributed by atoms with E-state index < -0.39 is 5.54 Å². The smallest absolute Gasteiger partial charge is 0.138 e. The molecule has 0 aliphatic heterocycles. The Morgan fingerprint density at radius 2 is 1.05 bits per heavy atom. The van der Waals surface area contributed by atoms with Crippen LogP contribution in [0.2, 0.25) is 0 Å². The van der Waals surface area contributed by atoms with Crippen molar-refractivity contribution in [1.29, 1.82) is 0 Å². The molecule has 4 heteroatoms. The zero-order valence-corrected chi connectivity index (χ0v) is 23.1. The van der Waals surface area contributed by atoms with Crippen molar-refractivity contribution in [2.24, 2.45) is 0 Å². The van der Waals surface area contributed by atoms with Crippen LogP contribution in [-0.2, 0) is 5.54 Å². The topological polar surface area (TPSA) is 27.1 Å². The Bertz CT molecular complexity index is 1580. The number of hydrogen-bond donors (Lipinski definition) is 0. The lowest BCUT2D eigenvalue weighted by atomic mass is 9.76. The zero-order valence-electron chi connectivity index (χ0n) is 21.5. The Labute approximate surface area is 237 Å². The first kappa shape index (κ1) is 24.9. The van der Waals surface area contributed by atoms with Crippen LogP contribution in [0.3, 0.4) is 0 Å². The van der Waals surface area contributed by atoms with Crippen LogP contribution in [0.15, 0.2) is 150 Å². The summed E-state index contributed by atoms with van der Waals surface area (Å²) in [4.78, 5) is 0. The highest BCUT2D eigenvalue weighted by atomic mass is 79.9. The Kier molecular flexibility index (Phi) is 6.87. The molecule has 0 saturated heterocycles. The van der Waals surface area contributed by atoms with Crippen molar-refractivity contribution in [3.63, 3.8) is 0 Å². The molecule has 0 aliphatic rings. The molecular weight excluding hydrogens is 544 g/mol. The number of ether oxygens (including phenoxy) is 1. The highest BCUT2D eigenvalue weighted by molar-refractivity contribution is 9.10. The number of aromatic nitrogens is 2. The van der Waals surface area contributed by atoms with E-state index in [1.807, 2.05) is 24.3 Å². The third-order valence-electron chi connectivity index (χ3n) is 7.11. The molecule has 0 bridgehead atoms. The molecule has 39 heavy (non-hydrogen) atoms. The van der Waals surface area contributed by atoms with Gasteiger partial charge in [-0.15, -0.1) is 0 Å². The summed E-state index contributed by atoms with van der Waals surface area (Å²) in [5.41, 5.74) is 6.47. The highest BCUT2D eigenvalue weighted by Gasteiger charge is 2.42. The maximum absolute atomic E-state index is 5.56. The standard InChI is InChI=1S/C35H27BrN2O/c1-39-31-24-14-17-27(25-31)33-32(36)34(26-15-6-2-7-16-26)38(37-33)35(28-18-8-3-9-19-28,29-20-10-4-11-21-29)30-22-12-5-13-23-30/h2-25H,1H3. The Morgan fingerprint density at radius 3 is 1.54 bits per heavy atom. The summed E-state index contributed by atoms with van der Waals surface area (Å²) in [7, 11) is 1.69. The van der Waals surface area contributed by atoms with Gasteiger partial charge >= 0.3 is 0 Å². The lowest BCUT2D eigenvalue weighted by molar-refractivity contribution is 0.415. The number of halogens is 1. The summed E-state index contributed by atoms with van der Waals surface area (Å²) in [6.45, 7) is 0. The number of methoxy groups -OCH3 is 1. The van der Waals surface area contributed by atoms with Crippen LogP contribution in [0.25, 0.3) is 22.5 Å². The van der Waals surface area contributed by atoms with Gasteiger partial charge in [-0.25, -0.2) is 4.68 Å². The Morgan fingerprint density at radius 1 is 0.590 bits per heavy atom. The van der Waals surface area contributed by atoms with E-state index in [0.29, 0.717) is 0 Å². The van der Waals surface area contributed by atoms with Crippen molar-refractivity contribution in [3.8, 4) is 28.3 Å². The number of rotatable bonds is 7. The van der Waals surface area contributed by atoms with Crippen molar-refractivity contribution >= 4 is 15.9 Å². The van der Waals surface area contributed by atoms with Crippen molar-refractivity contribution in [2.75, 3.05) is 7.11 Å². The van der Waals surface area contributed by atoms with Crippen molar-refractivity contribution in [3.05, 3.63) is 167 Å². The molecular formula is C35H27BrN2O. The molecule has 6 rings (SSSR count). The molecule has 0 N–H and O–H groups in total. The van der Waals surface area contributed by atoms with Gasteiger partial charge in [0.25, 0.3) is 0 Å². The molecule has 0 atom stereocenters. The molecule has 0 unspecified atom stereocenters. The van der Waals surface area contributed by atoms with Gasteiger partial charge < -0.3 is 4.74 Å². The number of nitrogens with zero attached hydrogens (tertiary/aromatic N) is 2. The van der Waals surface area contributed by atoms with Crippen LogP contribution in [-0.4, -0.2) is 16.9 Å². The summed E-state index contributed by atoms with van der Waals surface area (Å²) >= 11 is 4.01. The largest absolute Gasteiger partial charge is 0.497 e. The third-order valence-corrected chi connectivity index (χ3v) is 7.86. The van der Waals surface area contributed by atoms with E-state index in [0.717, 1.165) is 49.4 Å². The first-order valence-corrected chi connectivity index (χ1v) is 13.7. The molecule has 5 aromatic carbocycles.